The number of hydrogen-bond donors (Lipinski definition) is 0. The zero-order valence-corrected chi connectivity index (χ0v) is 19.9. The van der Waals surface area contributed by atoms with Crippen molar-refractivity contribution in [3.8, 4) is 17.3 Å². The third kappa shape index (κ3) is 4.09. The molecule has 34 heavy (non-hydrogen) atoms. The lowest BCUT2D eigenvalue weighted by molar-refractivity contribution is 0.0917. The highest BCUT2D eigenvalue weighted by molar-refractivity contribution is 6.35. The third-order valence-corrected chi connectivity index (χ3v) is 6.61. The van der Waals surface area contributed by atoms with Crippen molar-refractivity contribution in [1.29, 1.82) is 0 Å². The summed E-state index contributed by atoms with van der Waals surface area (Å²) in [5.74, 6) is -0.572. The summed E-state index contributed by atoms with van der Waals surface area (Å²) in [6, 6.07) is 12.3. The summed E-state index contributed by atoms with van der Waals surface area (Å²) in [7, 11) is 1.56. The number of fused-ring (bicyclic) bond motifs is 1. The number of carbonyl (C=O) groups is 1. The molecule has 1 aliphatic rings. The normalized spacial score (nSPS) is 17.0. The molecule has 8 nitrogen and oxygen atoms in total. The van der Waals surface area contributed by atoms with Gasteiger partial charge >= 0.3 is 0 Å². The van der Waals surface area contributed by atoms with Gasteiger partial charge in [0.2, 0.25) is 11.6 Å². The monoisotopic (exact) mass is 515 g/mol. The molecule has 2 aromatic carbocycles. The average molecular weight is 517 g/mol. The molecule has 4 aromatic rings. The van der Waals surface area contributed by atoms with Gasteiger partial charge in [-0.1, -0.05) is 46.0 Å². The SMILES string of the molecule is COc1ccc2c(c1)C(C(=O)c1nc(-c3ccncn3)no1)C(Cl)N2Cc1ccc(Cl)cc1Cl. The number of benzene rings is 2. The first-order chi connectivity index (χ1) is 16.5. The first kappa shape index (κ1) is 22.6. The van der Waals surface area contributed by atoms with Crippen LogP contribution < -0.4 is 9.64 Å². The van der Waals surface area contributed by atoms with Crippen LogP contribution in [0.1, 0.15) is 27.7 Å². The van der Waals surface area contributed by atoms with Crippen molar-refractivity contribution in [3.05, 3.63) is 82.1 Å². The smallest absolute Gasteiger partial charge is 0.295 e. The maximum atomic E-state index is 13.5. The van der Waals surface area contributed by atoms with E-state index >= 15 is 0 Å². The Labute approximate surface area is 209 Å². The van der Waals surface area contributed by atoms with Crippen LogP contribution in [0.4, 0.5) is 5.69 Å². The molecule has 0 radical (unpaired) electrons. The van der Waals surface area contributed by atoms with Crippen LogP contribution in [-0.2, 0) is 6.54 Å². The summed E-state index contributed by atoms with van der Waals surface area (Å²) >= 11 is 19.3. The summed E-state index contributed by atoms with van der Waals surface area (Å²) in [6.45, 7) is 0.364. The van der Waals surface area contributed by atoms with Gasteiger partial charge in [-0.25, -0.2) is 9.97 Å². The van der Waals surface area contributed by atoms with Gasteiger partial charge in [-0.05, 0) is 47.5 Å². The second-order valence-electron chi connectivity index (χ2n) is 7.52. The number of rotatable bonds is 6. The van der Waals surface area contributed by atoms with Gasteiger partial charge in [0.05, 0.1) is 13.0 Å². The van der Waals surface area contributed by atoms with Crippen LogP contribution in [0.15, 0.2) is 59.5 Å². The number of hydrogen-bond acceptors (Lipinski definition) is 8. The minimum atomic E-state index is -0.781. The lowest BCUT2D eigenvalue weighted by Crippen LogP contribution is -2.32. The van der Waals surface area contributed by atoms with Crippen LogP contribution in [-0.4, -0.2) is 38.5 Å². The largest absolute Gasteiger partial charge is 0.497 e. The van der Waals surface area contributed by atoms with E-state index in [9.17, 15) is 4.79 Å². The molecule has 0 amide bonds. The van der Waals surface area contributed by atoms with Gasteiger partial charge in [0.1, 0.15) is 23.3 Å². The minimum Gasteiger partial charge on any atom is -0.497 e. The molecule has 172 valence electrons. The Bertz CT molecular complexity index is 1370. The number of nitrogens with zero attached hydrogens (tertiary/aromatic N) is 5. The Hall–Kier alpha value is -3.20. The molecule has 1 aliphatic heterocycles. The molecule has 0 saturated heterocycles. The second kappa shape index (κ2) is 9.21. The third-order valence-electron chi connectivity index (χ3n) is 5.54. The molecule has 3 heterocycles. The highest BCUT2D eigenvalue weighted by Crippen LogP contribution is 2.46. The summed E-state index contributed by atoms with van der Waals surface area (Å²) in [4.78, 5) is 27.6. The number of anilines is 1. The fourth-order valence-corrected chi connectivity index (χ4v) is 4.78. The van der Waals surface area contributed by atoms with E-state index in [0.717, 1.165) is 11.3 Å². The summed E-state index contributed by atoms with van der Waals surface area (Å²) in [6.07, 6.45) is 2.91. The molecule has 0 spiro atoms. The molecule has 0 fully saturated rings. The molecule has 2 unspecified atom stereocenters. The number of methoxy groups -OCH3 is 1. The van der Waals surface area contributed by atoms with Crippen molar-refractivity contribution in [2.75, 3.05) is 12.0 Å². The van der Waals surface area contributed by atoms with Gasteiger partial charge in [-0.3, -0.25) is 4.79 Å². The van der Waals surface area contributed by atoms with E-state index in [0.29, 0.717) is 33.6 Å². The predicted octanol–water partition coefficient (Wildman–Crippen LogP) is 5.39. The standard InChI is InChI=1S/C23H16Cl3N5O3/c1-33-14-4-5-18-15(9-14)19(21(26)31(18)10-12-2-3-13(24)8-16(12)25)20(32)23-29-22(30-34-23)17-6-7-27-11-28-17/h2-9,11,19,21H,10H2,1H3. The van der Waals surface area contributed by atoms with Crippen molar-refractivity contribution in [1.82, 2.24) is 20.1 Å². The van der Waals surface area contributed by atoms with Gasteiger partial charge in [-0.15, -0.1) is 0 Å². The first-order valence-electron chi connectivity index (χ1n) is 10.1. The Morgan fingerprint density at radius 2 is 2.03 bits per heavy atom. The summed E-state index contributed by atoms with van der Waals surface area (Å²) in [5.41, 5.74) is 1.98. The fourth-order valence-electron chi connectivity index (χ4n) is 3.89. The number of alkyl halides is 1. The molecule has 11 heteroatoms. The molecular formula is C23H16Cl3N5O3. The van der Waals surface area contributed by atoms with Gasteiger partial charge in [0.15, 0.2) is 0 Å². The number of ether oxygens (including phenoxy) is 1. The predicted molar refractivity (Wildman–Crippen MR) is 128 cm³/mol. The van der Waals surface area contributed by atoms with Crippen LogP contribution >= 0.6 is 34.8 Å². The molecule has 2 aromatic heterocycles. The van der Waals surface area contributed by atoms with Crippen LogP contribution in [0, 0.1) is 0 Å². The fraction of sp³-hybridized carbons (Fsp3) is 0.174. The topological polar surface area (TPSA) is 94.2 Å². The van der Waals surface area contributed by atoms with E-state index in [-0.39, 0.29) is 11.7 Å². The van der Waals surface area contributed by atoms with Gasteiger partial charge in [0, 0.05) is 28.5 Å². The van der Waals surface area contributed by atoms with E-state index in [1.165, 1.54) is 6.33 Å². The molecular weight excluding hydrogens is 501 g/mol. The van der Waals surface area contributed by atoms with Crippen LogP contribution in [0.2, 0.25) is 10.0 Å². The summed E-state index contributed by atoms with van der Waals surface area (Å²) < 4.78 is 10.7. The number of Topliss-reactive ketones (excluding diaryl/α,β-unsaturated/α-hetero) is 1. The highest BCUT2D eigenvalue weighted by atomic mass is 35.5. The number of aromatic nitrogens is 4. The van der Waals surface area contributed by atoms with E-state index in [4.69, 9.17) is 44.1 Å². The van der Waals surface area contributed by atoms with Crippen molar-refractivity contribution >= 4 is 46.3 Å². The zero-order chi connectivity index (χ0) is 23.8. The number of ketones is 1. The van der Waals surface area contributed by atoms with Gasteiger partial charge in [0.25, 0.3) is 5.89 Å². The van der Waals surface area contributed by atoms with E-state index in [2.05, 4.69) is 20.1 Å². The van der Waals surface area contributed by atoms with E-state index in [1.807, 2.05) is 23.1 Å². The van der Waals surface area contributed by atoms with E-state index in [1.54, 1.807) is 37.6 Å². The van der Waals surface area contributed by atoms with Crippen LogP contribution in [0.3, 0.4) is 0 Å². The Morgan fingerprint density at radius 1 is 1.18 bits per heavy atom. The van der Waals surface area contributed by atoms with Crippen molar-refractivity contribution in [2.45, 2.75) is 18.0 Å². The maximum absolute atomic E-state index is 13.5. The molecule has 2 atom stereocenters. The van der Waals surface area contributed by atoms with E-state index < -0.39 is 17.2 Å². The highest BCUT2D eigenvalue weighted by Gasteiger charge is 2.44. The quantitative estimate of drug-likeness (QED) is 0.191. The Balaban J connectivity index is 1.51. The lowest BCUT2D eigenvalue weighted by Gasteiger charge is -2.25. The Morgan fingerprint density at radius 3 is 2.76 bits per heavy atom. The zero-order valence-electron chi connectivity index (χ0n) is 17.7. The van der Waals surface area contributed by atoms with Gasteiger partial charge < -0.3 is 14.2 Å². The van der Waals surface area contributed by atoms with Crippen molar-refractivity contribution in [3.63, 3.8) is 0 Å². The van der Waals surface area contributed by atoms with Crippen LogP contribution in [0.5, 0.6) is 5.75 Å². The molecule has 0 bridgehead atoms. The molecule has 0 N–H and O–H groups in total. The first-order valence-corrected chi connectivity index (χ1v) is 11.3. The Kier molecular flexibility index (Phi) is 6.12. The number of halogens is 3. The second-order valence-corrected chi connectivity index (χ2v) is 8.81. The molecule has 0 saturated carbocycles. The number of carbonyl (C=O) groups excluding carboxylic acids is 1. The van der Waals surface area contributed by atoms with Gasteiger partial charge in [-0.2, -0.15) is 4.98 Å². The molecule has 0 aliphatic carbocycles. The lowest BCUT2D eigenvalue weighted by atomic mass is 9.96. The van der Waals surface area contributed by atoms with Crippen molar-refractivity contribution < 1.29 is 14.1 Å². The molecule has 5 rings (SSSR count). The summed E-state index contributed by atoms with van der Waals surface area (Å²) in [5, 5.41) is 4.93. The minimum absolute atomic E-state index is 0.163. The maximum Gasteiger partial charge on any atom is 0.295 e. The van der Waals surface area contributed by atoms with Crippen LogP contribution in [0.25, 0.3) is 11.5 Å². The average Bonchev–Trinajstić information content (AvgIpc) is 3.44. The van der Waals surface area contributed by atoms with Crippen molar-refractivity contribution in [2.24, 2.45) is 0 Å².